The zero-order chi connectivity index (χ0) is 14.6. The Kier molecular flexibility index (Phi) is 7.36. The van der Waals surface area contributed by atoms with Crippen LogP contribution in [-0.2, 0) is 16.1 Å². The van der Waals surface area contributed by atoms with E-state index in [0.717, 1.165) is 12.0 Å². The van der Waals surface area contributed by atoms with Gasteiger partial charge in [-0.3, -0.25) is 4.79 Å². The molecule has 1 aromatic rings. The minimum absolute atomic E-state index is 0.124. The second kappa shape index (κ2) is 9.45. The van der Waals surface area contributed by atoms with Gasteiger partial charge in [0, 0.05) is 6.42 Å². The van der Waals surface area contributed by atoms with Crippen LogP contribution in [-0.4, -0.2) is 25.1 Å². The highest BCUT2D eigenvalue weighted by Gasteiger charge is 2.05. The molecule has 0 unspecified atom stereocenters. The van der Waals surface area contributed by atoms with E-state index < -0.39 is 6.09 Å². The normalized spacial score (nSPS) is 9.05. The standard InChI is InChI=1S/C15H18N2O3/c1-2-3-7-10-16-14(18)11-17-15(19)20-12-13-8-5-4-6-9-13/h4-6,8-9H,2,10-12H2,1H3,(H,16,18)(H,17,19). The molecule has 1 rings (SSSR count). The number of hydrogen-bond acceptors (Lipinski definition) is 3. The summed E-state index contributed by atoms with van der Waals surface area (Å²) in [6.07, 6.45) is 0.128. The smallest absolute Gasteiger partial charge is 0.407 e. The summed E-state index contributed by atoms with van der Waals surface area (Å²) in [5.74, 6) is 5.31. The number of benzene rings is 1. The van der Waals surface area contributed by atoms with Gasteiger partial charge in [0.25, 0.3) is 0 Å². The van der Waals surface area contributed by atoms with Crippen LogP contribution in [0.15, 0.2) is 30.3 Å². The van der Waals surface area contributed by atoms with Crippen molar-refractivity contribution < 1.29 is 14.3 Å². The van der Waals surface area contributed by atoms with Gasteiger partial charge >= 0.3 is 6.09 Å². The second-order valence-electron chi connectivity index (χ2n) is 3.90. The van der Waals surface area contributed by atoms with E-state index in [9.17, 15) is 9.59 Å². The van der Waals surface area contributed by atoms with E-state index in [2.05, 4.69) is 22.5 Å². The lowest BCUT2D eigenvalue weighted by Crippen LogP contribution is -2.37. The molecule has 0 saturated carbocycles. The predicted molar refractivity (Wildman–Crippen MR) is 75.7 cm³/mol. The molecule has 0 atom stereocenters. The first kappa shape index (κ1) is 15.6. The van der Waals surface area contributed by atoms with Crippen molar-refractivity contribution in [3.8, 4) is 11.8 Å². The first-order chi connectivity index (χ1) is 9.72. The maximum Gasteiger partial charge on any atom is 0.407 e. The van der Waals surface area contributed by atoms with Gasteiger partial charge in [0.05, 0.1) is 6.54 Å². The number of nitrogens with one attached hydrogen (secondary N) is 2. The van der Waals surface area contributed by atoms with Crippen molar-refractivity contribution in [1.82, 2.24) is 10.6 Å². The summed E-state index contributed by atoms with van der Waals surface area (Å²) < 4.78 is 4.96. The van der Waals surface area contributed by atoms with Crippen LogP contribution in [0, 0.1) is 11.8 Å². The molecule has 0 aliphatic carbocycles. The van der Waals surface area contributed by atoms with Crippen molar-refractivity contribution in [2.24, 2.45) is 0 Å². The van der Waals surface area contributed by atoms with Gasteiger partial charge in [-0.1, -0.05) is 43.2 Å². The zero-order valence-electron chi connectivity index (χ0n) is 11.4. The van der Waals surface area contributed by atoms with Gasteiger partial charge in [-0.05, 0) is 5.56 Å². The Balaban J connectivity index is 2.15. The summed E-state index contributed by atoms with van der Waals surface area (Å²) in [6.45, 7) is 2.27. The van der Waals surface area contributed by atoms with Crippen molar-refractivity contribution in [2.45, 2.75) is 20.0 Å². The molecular formula is C15H18N2O3. The molecule has 2 N–H and O–H groups in total. The summed E-state index contributed by atoms with van der Waals surface area (Å²) >= 11 is 0. The summed E-state index contributed by atoms with van der Waals surface area (Å²) in [5, 5.41) is 4.94. The highest BCUT2D eigenvalue weighted by atomic mass is 16.5. The molecule has 5 nitrogen and oxygen atoms in total. The number of ether oxygens (including phenoxy) is 1. The van der Waals surface area contributed by atoms with Gasteiger partial charge in [-0.2, -0.15) is 0 Å². The molecule has 20 heavy (non-hydrogen) atoms. The third kappa shape index (κ3) is 7.07. The summed E-state index contributed by atoms with van der Waals surface area (Å²) in [6, 6.07) is 9.32. The monoisotopic (exact) mass is 274 g/mol. The van der Waals surface area contributed by atoms with Crippen LogP contribution >= 0.6 is 0 Å². The summed E-state index contributed by atoms with van der Waals surface area (Å²) in [5.41, 5.74) is 0.891. The number of amides is 2. The fourth-order valence-corrected chi connectivity index (χ4v) is 1.32. The van der Waals surface area contributed by atoms with Gasteiger partial charge in [0.2, 0.25) is 5.91 Å². The van der Waals surface area contributed by atoms with Crippen LogP contribution in [0.3, 0.4) is 0 Å². The molecule has 0 fully saturated rings. The summed E-state index contributed by atoms with van der Waals surface area (Å²) in [4.78, 5) is 22.7. The van der Waals surface area contributed by atoms with E-state index in [-0.39, 0.29) is 25.6 Å². The average Bonchev–Trinajstić information content (AvgIpc) is 2.48. The molecule has 0 aliphatic rings. The third-order valence-electron chi connectivity index (χ3n) is 2.28. The van der Waals surface area contributed by atoms with Crippen molar-refractivity contribution in [2.75, 3.05) is 13.1 Å². The SMILES string of the molecule is CCC#CCNC(=O)CNC(=O)OCc1ccccc1. The molecule has 0 aromatic heterocycles. The lowest BCUT2D eigenvalue weighted by molar-refractivity contribution is -0.119. The minimum atomic E-state index is -0.622. The van der Waals surface area contributed by atoms with Gasteiger partial charge in [0.1, 0.15) is 13.2 Å². The van der Waals surface area contributed by atoms with Gasteiger partial charge in [-0.15, -0.1) is 5.92 Å². The molecule has 106 valence electrons. The molecule has 0 radical (unpaired) electrons. The number of hydrogen-bond donors (Lipinski definition) is 2. The Bertz CT molecular complexity index is 489. The molecule has 0 saturated heterocycles. The molecule has 2 amide bonds. The average molecular weight is 274 g/mol. The van der Waals surface area contributed by atoms with E-state index in [1.165, 1.54) is 0 Å². The van der Waals surface area contributed by atoms with E-state index in [1.807, 2.05) is 37.3 Å². The minimum Gasteiger partial charge on any atom is -0.445 e. The molecule has 0 bridgehead atoms. The summed E-state index contributed by atoms with van der Waals surface area (Å²) in [7, 11) is 0. The van der Waals surface area contributed by atoms with Crippen molar-refractivity contribution in [1.29, 1.82) is 0 Å². The number of carbonyl (C=O) groups is 2. The molecule has 5 heteroatoms. The van der Waals surface area contributed by atoms with Crippen LogP contribution in [0.1, 0.15) is 18.9 Å². The quantitative estimate of drug-likeness (QED) is 0.798. The van der Waals surface area contributed by atoms with Gasteiger partial charge < -0.3 is 15.4 Å². The fourth-order valence-electron chi connectivity index (χ4n) is 1.32. The molecule has 0 aliphatic heterocycles. The number of alkyl carbamates (subject to hydrolysis) is 1. The Labute approximate surface area is 118 Å². The van der Waals surface area contributed by atoms with Gasteiger partial charge in [0.15, 0.2) is 0 Å². The van der Waals surface area contributed by atoms with Crippen LogP contribution in [0.25, 0.3) is 0 Å². The lowest BCUT2D eigenvalue weighted by Gasteiger charge is -2.06. The van der Waals surface area contributed by atoms with E-state index >= 15 is 0 Å². The Morgan fingerprint density at radius 1 is 1.15 bits per heavy atom. The topological polar surface area (TPSA) is 67.4 Å². The van der Waals surface area contributed by atoms with Crippen molar-refractivity contribution in [3.05, 3.63) is 35.9 Å². The highest BCUT2D eigenvalue weighted by Crippen LogP contribution is 2.00. The third-order valence-corrected chi connectivity index (χ3v) is 2.28. The van der Waals surface area contributed by atoms with Crippen LogP contribution in [0.4, 0.5) is 4.79 Å². The first-order valence-electron chi connectivity index (χ1n) is 6.39. The number of rotatable bonds is 5. The van der Waals surface area contributed by atoms with Gasteiger partial charge in [-0.25, -0.2) is 4.79 Å². The van der Waals surface area contributed by atoms with E-state index in [0.29, 0.717) is 0 Å². The van der Waals surface area contributed by atoms with E-state index in [4.69, 9.17) is 4.74 Å². The molecule has 1 aromatic carbocycles. The highest BCUT2D eigenvalue weighted by molar-refractivity contribution is 5.82. The largest absolute Gasteiger partial charge is 0.445 e. The molecule has 0 heterocycles. The zero-order valence-corrected chi connectivity index (χ0v) is 11.4. The van der Waals surface area contributed by atoms with Crippen molar-refractivity contribution in [3.63, 3.8) is 0 Å². The van der Waals surface area contributed by atoms with Crippen LogP contribution < -0.4 is 10.6 Å². The Morgan fingerprint density at radius 2 is 1.90 bits per heavy atom. The lowest BCUT2D eigenvalue weighted by atomic mass is 10.2. The fraction of sp³-hybridized carbons (Fsp3) is 0.333. The maximum absolute atomic E-state index is 11.4. The Hall–Kier alpha value is -2.48. The Morgan fingerprint density at radius 3 is 2.60 bits per heavy atom. The number of carbonyl (C=O) groups excluding carboxylic acids is 2. The van der Waals surface area contributed by atoms with Crippen LogP contribution in [0.2, 0.25) is 0 Å². The second-order valence-corrected chi connectivity index (χ2v) is 3.90. The van der Waals surface area contributed by atoms with Crippen LogP contribution in [0.5, 0.6) is 0 Å². The maximum atomic E-state index is 11.4. The molecule has 0 spiro atoms. The predicted octanol–water partition coefficient (Wildman–Crippen LogP) is 1.44. The van der Waals surface area contributed by atoms with Crippen molar-refractivity contribution >= 4 is 12.0 Å². The first-order valence-corrected chi connectivity index (χ1v) is 6.39. The van der Waals surface area contributed by atoms with E-state index in [1.54, 1.807) is 0 Å². The molecular weight excluding hydrogens is 256 g/mol.